The molecule has 0 aliphatic carbocycles. The molecule has 184 valence electrons. The van der Waals surface area contributed by atoms with Crippen molar-refractivity contribution < 1.29 is 0 Å². The molecular weight excluding hydrogens is 488 g/mol. The summed E-state index contributed by atoms with van der Waals surface area (Å²) in [6.07, 6.45) is 0. The number of fused-ring (bicyclic) bond motifs is 3. The highest BCUT2D eigenvalue weighted by Crippen LogP contribution is 2.43. The van der Waals surface area contributed by atoms with Crippen LogP contribution in [0.5, 0.6) is 0 Å². The molecule has 6 aromatic carbocycles. The largest absolute Gasteiger partial charge is 0.135 e. The van der Waals surface area contributed by atoms with Gasteiger partial charge in [-0.1, -0.05) is 128 Å². The Balaban J connectivity index is 1.37. The van der Waals surface area contributed by atoms with Crippen LogP contribution in [0.15, 0.2) is 152 Å². The van der Waals surface area contributed by atoms with Gasteiger partial charge >= 0.3 is 0 Å². The monoisotopic (exact) mass is 514 g/mol. The number of hydrogen-bond donors (Lipinski definition) is 0. The van der Waals surface area contributed by atoms with E-state index in [0.29, 0.717) is 0 Å². The molecule has 39 heavy (non-hydrogen) atoms. The van der Waals surface area contributed by atoms with Crippen LogP contribution >= 0.6 is 11.3 Å². The third-order valence-corrected chi connectivity index (χ3v) is 8.67. The summed E-state index contributed by atoms with van der Waals surface area (Å²) in [5.41, 5.74) is 10.7. The van der Waals surface area contributed by atoms with Crippen LogP contribution in [0.2, 0.25) is 0 Å². The molecule has 0 saturated heterocycles. The zero-order chi connectivity index (χ0) is 26.2. The quantitative estimate of drug-likeness (QED) is 0.214. The minimum atomic E-state index is 1.03. The van der Waals surface area contributed by atoms with Crippen LogP contribution in [0.4, 0.5) is 0 Å². The summed E-state index contributed by atoms with van der Waals surface area (Å²) >= 11 is 1.87. The van der Waals surface area contributed by atoms with Gasteiger partial charge in [-0.15, -0.1) is 11.3 Å². The molecular formula is C38H26S. The molecule has 0 fully saturated rings. The van der Waals surface area contributed by atoms with E-state index in [9.17, 15) is 0 Å². The van der Waals surface area contributed by atoms with Crippen LogP contribution in [-0.4, -0.2) is 0 Å². The van der Waals surface area contributed by atoms with E-state index in [-0.39, 0.29) is 0 Å². The van der Waals surface area contributed by atoms with Crippen molar-refractivity contribution in [3.63, 3.8) is 0 Å². The summed E-state index contributed by atoms with van der Waals surface area (Å²) < 4.78 is 2.63. The highest BCUT2D eigenvalue weighted by molar-refractivity contribution is 7.26. The van der Waals surface area contributed by atoms with Crippen LogP contribution in [-0.2, 0) is 0 Å². The van der Waals surface area contributed by atoms with Gasteiger partial charge in [0.1, 0.15) is 0 Å². The Kier molecular flexibility index (Phi) is 5.92. The second-order valence-corrected chi connectivity index (χ2v) is 10.9. The van der Waals surface area contributed by atoms with Crippen molar-refractivity contribution in [3.8, 4) is 33.4 Å². The predicted molar refractivity (Wildman–Crippen MR) is 170 cm³/mol. The zero-order valence-corrected chi connectivity index (χ0v) is 22.3. The first-order valence-electron chi connectivity index (χ1n) is 13.2. The molecule has 0 aliphatic rings. The van der Waals surface area contributed by atoms with E-state index < -0.39 is 0 Å². The molecule has 1 heteroatoms. The summed E-state index contributed by atoms with van der Waals surface area (Å²) in [6, 6.07) is 52.1. The van der Waals surface area contributed by atoms with E-state index in [2.05, 4.69) is 152 Å². The maximum Gasteiger partial charge on any atom is 0.0434 e. The lowest BCUT2D eigenvalue weighted by Gasteiger charge is -2.13. The van der Waals surface area contributed by atoms with E-state index in [1.165, 1.54) is 53.6 Å². The first kappa shape index (κ1) is 23.4. The molecule has 0 N–H and O–H groups in total. The maximum absolute atomic E-state index is 4.59. The van der Waals surface area contributed by atoms with Crippen molar-refractivity contribution in [3.05, 3.63) is 163 Å². The molecule has 0 atom stereocenters. The molecule has 0 saturated carbocycles. The number of benzene rings is 6. The van der Waals surface area contributed by atoms with Crippen LogP contribution in [0, 0.1) is 0 Å². The van der Waals surface area contributed by atoms with E-state index in [1.54, 1.807) is 0 Å². The van der Waals surface area contributed by atoms with Gasteiger partial charge < -0.3 is 0 Å². The molecule has 0 amide bonds. The Morgan fingerprint density at radius 2 is 1.03 bits per heavy atom. The lowest BCUT2D eigenvalue weighted by Crippen LogP contribution is -1.90. The summed E-state index contributed by atoms with van der Waals surface area (Å²) in [7, 11) is 0. The zero-order valence-electron chi connectivity index (χ0n) is 21.5. The second-order valence-electron chi connectivity index (χ2n) is 9.87. The van der Waals surface area contributed by atoms with E-state index in [0.717, 1.165) is 16.7 Å². The summed E-state index contributed by atoms with van der Waals surface area (Å²) in [5, 5.41) is 2.59. The van der Waals surface area contributed by atoms with E-state index in [1.807, 2.05) is 11.3 Å². The molecule has 0 bridgehead atoms. The SMILES string of the molecule is C=C(c1cccc(-c2ccccc2)c1)c1cc(-c2ccc(-c3ccccc3)cc2)c2sc3ccccc3c2c1. The average Bonchev–Trinajstić information content (AvgIpc) is 3.40. The first-order chi connectivity index (χ1) is 19.2. The Morgan fingerprint density at radius 1 is 0.436 bits per heavy atom. The van der Waals surface area contributed by atoms with Crippen LogP contribution in [0.1, 0.15) is 11.1 Å². The van der Waals surface area contributed by atoms with Gasteiger partial charge in [0, 0.05) is 25.7 Å². The van der Waals surface area contributed by atoms with Gasteiger partial charge in [-0.25, -0.2) is 0 Å². The summed E-state index contributed by atoms with van der Waals surface area (Å²) in [5.74, 6) is 0. The van der Waals surface area contributed by atoms with Gasteiger partial charge in [-0.3, -0.25) is 0 Å². The topological polar surface area (TPSA) is 0 Å². The molecule has 1 aromatic heterocycles. The molecule has 7 rings (SSSR count). The van der Waals surface area contributed by atoms with Crippen molar-refractivity contribution in [1.29, 1.82) is 0 Å². The Labute approximate surface area is 233 Å². The van der Waals surface area contributed by atoms with Crippen molar-refractivity contribution >= 4 is 37.1 Å². The van der Waals surface area contributed by atoms with Gasteiger partial charge in [0.05, 0.1) is 0 Å². The van der Waals surface area contributed by atoms with Gasteiger partial charge in [-0.2, -0.15) is 0 Å². The van der Waals surface area contributed by atoms with E-state index >= 15 is 0 Å². The minimum Gasteiger partial charge on any atom is -0.135 e. The highest BCUT2D eigenvalue weighted by atomic mass is 32.1. The summed E-state index contributed by atoms with van der Waals surface area (Å²) in [4.78, 5) is 0. The minimum absolute atomic E-state index is 1.03. The van der Waals surface area contributed by atoms with Gasteiger partial charge in [0.25, 0.3) is 0 Å². The third kappa shape index (κ3) is 4.37. The molecule has 0 spiro atoms. The van der Waals surface area contributed by atoms with E-state index in [4.69, 9.17) is 0 Å². The standard InChI is InChI=1S/C38H26S/c1-26(31-15-10-16-32(23-31)28-13-6-3-7-14-28)33-24-35(38-36(25-33)34-17-8-9-18-37(34)39-38)30-21-19-29(20-22-30)27-11-4-2-5-12-27/h2-25H,1H2. The Hall–Kier alpha value is -4.72. The smallest absolute Gasteiger partial charge is 0.0434 e. The molecule has 1 heterocycles. The van der Waals surface area contributed by atoms with Gasteiger partial charge in [0.15, 0.2) is 0 Å². The Bertz CT molecular complexity index is 1940. The normalized spacial score (nSPS) is 11.2. The lowest BCUT2D eigenvalue weighted by atomic mass is 9.91. The van der Waals surface area contributed by atoms with Crippen molar-refractivity contribution in [2.75, 3.05) is 0 Å². The average molecular weight is 515 g/mol. The van der Waals surface area contributed by atoms with Crippen LogP contribution < -0.4 is 0 Å². The molecule has 0 nitrogen and oxygen atoms in total. The van der Waals surface area contributed by atoms with Crippen molar-refractivity contribution in [1.82, 2.24) is 0 Å². The fourth-order valence-corrected chi connectivity index (χ4v) is 6.59. The fraction of sp³-hybridized carbons (Fsp3) is 0. The highest BCUT2D eigenvalue weighted by Gasteiger charge is 2.15. The van der Waals surface area contributed by atoms with Gasteiger partial charge in [-0.05, 0) is 68.8 Å². The third-order valence-electron chi connectivity index (χ3n) is 7.45. The summed E-state index contributed by atoms with van der Waals surface area (Å²) in [6.45, 7) is 4.59. The second kappa shape index (κ2) is 9.87. The lowest BCUT2D eigenvalue weighted by molar-refractivity contribution is 1.55. The van der Waals surface area contributed by atoms with Crippen molar-refractivity contribution in [2.24, 2.45) is 0 Å². The van der Waals surface area contributed by atoms with Gasteiger partial charge in [0.2, 0.25) is 0 Å². The number of thiophene rings is 1. The van der Waals surface area contributed by atoms with Crippen LogP contribution in [0.25, 0.3) is 59.1 Å². The van der Waals surface area contributed by atoms with Crippen LogP contribution in [0.3, 0.4) is 0 Å². The molecule has 0 radical (unpaired) electrons. The Morgan fingerprint density at radius 3 is 1.77 bits per heavy atom. The maximum atomic E-state index is 4.59. The number of rotatable bonds is 5. The molecule has 0 aliphatic heterocycles. The first-order valence-corrected chi connectivity index (χ1v) is 14.0. The molecule has 0 unspecified atom stereocenters. The number of hydrogen-bond acceptors (Lipinski definition) is 1. The molecule has 7 aromatic rings. The fourth-order valence-electron chi connectivity index (χ4n) is 5.37. The predicted octanol–water partition coefficient (Wildman–Crippen LogP) is 11.1. The van der Waals surface area contributed by atoms with Crippen molar-refractivity contribution in [2.45, 2.75) is 0 Å².